The van der Waals surface area contributed by atoms with Gasteiger partial charge in [0.1, 0.15) is 18.0 Å². The molecule has 44 heavy (non-hydrogen) atoms. The Morgan fingerprint density at radius 3 is 2.55 bits per heavy atom. The van der Waals surface area contributed by atoms with Crippen LogP contribution in [-0.2, 0) is 0 Å². The van der Waals surface area contributed by atoms with Gasteiger partial charge in [0.2, 0.25) is 0 Å². The van der Waals surface area contributed by atoms with Crippen LogP contribution >= 0.6 is 0 Å². The van der Waals surface area contributed by atoms with Crippen molar-refractivity contribution in [2.24, 2.45) is 0 Å². The normalized spacial score (nSPS) is 15.2. The maximum absolute atomic E-state index is 14.5. The van der Waals surface area contributed by atoms with Crippen molar-refractivity contribution in [1.29, 1.82) is 0 Å². The zero-order valence-corrected chi connectivity index (χ0v) is 24.7. The number of nitrogens with zero attached hydrogens (tertiary/aromatic N) is 6. The molecule has 4 aromatic rings. The van der Waals surface area contributed by atoms with E-state index in [9.17, 15) is 22.4 Å². The fourth-order valence-electron chi connectivity index (χ4n) is 5.61. The molecule has 1 aliphatic rings. The molecule has 1 saturated heterocycles. The van der Waals surface area contributed by atoms with Crippen molar-refractivity contribution < 1.29 is 22.4 Å². The first-order chi connectivity index (χ1) is 21.0. The molecule has 1 aliphatic heterocycles. The van der Waals surface area contributed by atoms with Crippen LogP contribution in [0.1, 0.15) is 41.6 Å². The van der Waals surface area contributed by atoms with Gasteiger partial charge in [-0.15, -0.1) is 0 Å². The third-order valence-corrected chi connectivity index (χ3v) is 8.04. The van der Waals surface area contributed by atoms with Crippen molar-refractivity contribution in [2.45, 2.75) is 37.9 Å². The summed E-state index contributed by atoms with van der Waals surface area (Å²) in [6, 6.07) is 11.1. The van der Waals surface area contributed by atoms with Crippen LogP contribution in [0.5, 0.6) is 0 Å². The Labute approximate surface area is 252 Å². The molecule has 3 aromatic heterocycles. The average molecular weight is 611 g/mol. The van der Waals surface area contributed by atoms with Crippen molar-refractivity contribution in [2.75, 3.05) is 50.5 Å². The minimum atomic E-state index is -4.18. The second-order valence-electron chi connectivity index (χ2n) is 11.0. The van der Waals surface area contributed by atoms with Crippen LogP contribution in [0.2, 0.25) is 0 Å². The molecule has 13 heteroatoms. The molecule has 0 aliphatic carbocycles. The van der Waals surface area contributed by atoms with E-state index in [4.69, 9.17) is 0 Å². The molecule has 9 nitrogen and oxygen atoms in total. The Kier molecular flexibility index (Phi) is 9.23. The minimum Gasteiger partial charge on any atom is -0.369 e. The van der Waals surface area contributed by atoms with Crippen LogP contribution in [0, 0.1) is 5.82 Å². The van der Waals surface area contributed by atoms with E-state index in [0.717, 1.165) is 23.1 Å². The first-order valence-corrected chi connectivity index (χ1v) is 14.4. The van der Waals surface area contributed by atoms with Crippen LogP contribution in [0.4, 0.5) is 29.2 Å². The second kappa shape index (κ2) is 13.1. The van der Waals surface area contributed by atoms with E-state index >= 15 is 0 Å². The molecule has 0 bridgehead atoms. The first kappa shape index (κ1) is 31.0. The van der Waals surface area contributed by atoms with Gasteiger partial charge in [0.05, 0.1) is 29.5 Å². The lowest BCUT2D eigenvalue weighted by molar-refractivity contribution is -0.147. The summed E-state index contributed by atoms with van der Waals surface area (Å²) in [7, 11) is 3.38. The maximum atomic E-state index is 14.5. The lowest BCUT2D eigenvalue weighted by Crippen LogP contribution is -2.46. The number of aromatic nitrogens is 4. The van der Waals surface area contributed by atoms with Crippen LogP contribution in [0.15, 0.2) is 55.1 Å². The number of halogens is 4. The lowest BCUT2D eigenvalue weighted by Gasteiger charge is -2.37. The van der Waals surface area contributed by atoms with Gasteiger partial charge in [0, 0.05) is 68.9 Å². The van der Waals surface area contributed by atoms with Crippen molar-refractivity contribution >= 4 is 28.4 Å². The van der Waals surface area contributed by atoms with E-state index in [-0.39, 0.29) is 17.5 Å². The molecule has 0 radical (unpaired) electrons. The van der Waals surface area contributed by atoms with E-state index in [2.05, 4.69) is 30.6 Å². The van der Waals surface area contributed by atoms with Crippen LogP contribution in [0.25, 0.3) is 22.2 Å². The summed E-state index contributed by atoms with van der Waals surface area (Å²) in [5.74, 6) is 0.120. The number of pyridine rings is 2. The largest absolute Gasteiger partial charge is 0.401 e. The zero-order valence-electron chi connectivity index (χ0n) is 24.7. The average Bonchev–Trinajstić information content (AvgIpc) is 3.02. The van der Waals surface area contributed by atoms with Gasteiger partial charge in [0.15, 0.2) is 5.82 Å². The number of likely N-dealkylation sites (tertiary alicyclic amines) is 1. The molecule has 4 heterocycles. The van der Waals surface area contributed by atoms with Crippen LogP contribution < -0.4 is 15.5 Å². The maximum Gasteiger partial charge on any atom is 0.401 e. The van der Waals surface area contributed by atoms with Crippen molar-refractivity contribution in [3.63, 3.8) is 0 Å². The SMILES string of the molecule is CNC(=O)c1c(F)cnc2c([C@H](C)CNc3cc(-c4ccc(N(C)C5CCN(CC(F)(F)F)CC5)nc4)ncn3)cccc12. The highest BCUT2D eigenvalue weighted by atomic mass is 19.4. The summed E-state index contributed by atoms with van der Waals surface area (Å²) in [5.41, 5.74) is 2.87. The number of para-hydroxylation sites is 1. The molecule has 1 aromatic carbocycles. The molecule has 232 valence electrons. The summed E-state index contributed by atoms with van der Waals surface area (Å²) >= 11 is 0. The molecule has 1 fully saturated rings. The van der Waals surface area contributed by atoms with Crippen molar-refractivity contribution in [3.8, 4) is 11.3 Å². The summed E-state index contributed by atoms with van der Waals surface area (Å²) < 4.78 is 52.6. The number of carbonyl (C=O) groups is 1. The number of hydrogen-bond donors (Lipinski definition) is 2. The topological polar surface area (TPSA) is 99.2 Å². The number of rotatable bonds is 9. The summed E-state index contributed by atoms with van der Waals surface area (Å²) in [4.78, 5) is 33.4. The fraction of sp³-hybridized carbons (Fsp3) is 0.387. The van der Waals surface area contributed by atoms with Crippen molar-refractivity contribution in [1.82, 2.24) is 30.2 Å². The van der Waals surface area contributed by atoms with Crippen molar-refractivity contribution in [3.05, 3.63) is 72.1 Å². The van der Waals surface area contributed by atoms with E-state index < -0.39 is 24.4 Å². The number of piperidine rings is 1. The standard InChI is InChI=1S/C31H34F4N8O/c1-19(22-5-4-6-23-28(30(44)36-2)24(32)16-39-29(22)23)14-37-26-13-25(40-18-41-26)20-7-8-27(38-15-20)42(3)21-9-11-43(12-10-21)17-31(33,34)35/h4-8,13,15-16,18-19,21H,9-12,14,17H2,1-3H3,(H,36,44)(H,37,40,41)/t19-/m1/s1. The predicted molar refractivity (Wildman–Crippen MR) is 161 cm³/mol. The predicted octanol–water partition coefficient (Wildman–Crippen LogP) is 5.26. The number of anilines is 2. The van der Waals surface area contributed by atoms with Crippen LogP contribution in [0.3, 0.4) is 0 Å². The van der Waals surface area contributed by atoms with Gasteiger partial charge in [-0.05, 0) is 30.5 Å². The number of carbonyl (C=O) groups excluding carboxylic acids is 1. The summed E-state index contributed by atoms with van der Waals surface area (Å²) in [6.07, 6.45) is 1.36. The fourth-order valence-corrected chi connectivity index (χ4v) is 5.61. The van der Waals surface area contributed by atoms with E-state index in [1.54, 1.807) is 18.3 Å². The minimum absolute atomic E-state index is 0.0305. The number of benzene rings is 1. The molecule has 0 saturated carbocycles. The highest BCUT2D eigenvalue weighted by Crippen LogP contribution is 2.29. The molecule has 0 unspecified atom stereocenters. The highest BCUT2D eigenvalue weighted by molar-refractivity contribution is 6.06. The van der Waals surface area contributed by atoms with Gasteiger partial charge >= 0.3 is 6.18 Å². The zero-order chi connectivity index (χ0) is 31.4. The monoisotopic (exact) mass is 610 g/mol. The second-order valence-corrected chi connectivity index (χ2v) is 11.0. The third kappa shape index (κ3) is 7.04. The van der Waals surface area contributed by atoms with E-state index in [1.807, 2.05) is 43.1 Å². The highest BCUT2D eigenvalue weighted by Gasteiger charge is 2.33. The third-order valence-electron chi connectivity index (χ3n) is 8.04. The number of fused-ring (bicyclic) bond motifs is 1. The quantitative estimate of drug-likeness (QED) is 0.248. The molecule has 1 amide bonds. The van der Waals surface area contributed by atoms with Crippen LogP contribution in [-0.4, -0.2) is 83.2 Å². The number of alkyl halides is 3. The van der Waals surface area contributed by atoms with E-state index in [0.29, 0.717) is 54.9 Å². The van der Waals surface area contributed by atoms with Gasteiger partial charge < -0.3 is 15.5 Å². The Morgan fingerprint density at radius 2 is 1.86 bits per heavy atom. The van der Waals surface area contributed by atoms with Gasteiger partial charge in [-0.2, -0.15) is 13.2 Å². The summed E-state index contributed by atoms with van der Waals surface area (Å²) in [5, 5.41) is 6.27. The van der Waals surface area contributed by atoms with Gasteiger partial charge in [0.25, 0.3) is 5.91 Å². The van der Waals surface area contributed by atoms with E-state index in [1.165, 1.54) is 18.3 Å². The molecule has 2 N–H and O–H groups in total. The van der Waals surface area contributed by atoms with Gasteiger partial charge in [-0.3, -0.25) is 14.7 Å². The number of amides is 1. The number of hydrogen-bond acceptors (Lipinski definition) is 8. The molecule has 5 rings (SSSR count). The van der Waals surface area contributed by atoms with Gasteiger partial charge in [-0.25, -0.2) is 19.3 Å². The smallest absolute Gasteiger partial charge is 0.369 e. The summed E-state index contributed by atoms with van der Waals surface area (Å²) in [6.45, 7) is 2.43. The number of nitrogens with one attached hydrogen (secondary N) is 2. The molecule has 1 atom stereocenters. The Hall–Kier alpha value is -4.39. The Morgan fingerprint density at radius 1 is 1.09 bits per heavy atom. The molecule has 0 spiro atoms. The Balaban J connectivity index is 1.23. The first-order valence-electron chi connectivity index (χ1n) is 14.4. The van der Waals surface area contributed by atoms with Gasteiger partial charge in [-0.1, -0.05) is 25.1 Å². The molecular formula is C31H34F4N8O. The Bertz CT molecular complexity index is 1610. The lowest BCUT2D eigenvalue weighted by atomic mass is 9.96. The molecular weight excluding hydrogens is 576 g/mol.